The van der Waals surface area contributed by atoms with E-state index < -0.39 is 0 Å². The third-order valence-corrected chi connectivity index (χ3v) is 4.30. The van der Waals surface area contributed by atoms with Crippen molar-refractivity contribution in [3.05, 3.63) is 0 Å². The monoisotopic (exact) mass is 281 g/mol. The van der Waals surface area contributed by atoms with Crippen LogP contribution in [0.2, 0.25) is 0 Å². The molecular formula is C15H27N3O2. The van der Waals surface area contributed by atoms with Gasteiger partial charge in [0.15, 0.2) is 0 Å². The number of nitrogens with two attached hydrogens (primary N) is 1. The van der Waals surface area contributed by atoms with Gasteiger partial charge in [-0.3, -0.25) is 4.84 Å². The van der Waals surface area contributed by atoms with Crippen molar-refractivity contribution in [2.24, 2.45) is 5.90 Å². The van der Waals surface area contributed by atoms with Gasteiger partial charge in [0.2, 0.25) is 0 Å². The molecule has 3 aliphatic rings. The van der Waals surface area contributed by atoms with Gasteiger partial charge in [0, 0.05) is 0 Å². The largest absolute Gasteiger partial charge is 0.301 e. The lowest BCUT2D eigenvalue weighted by Crippen LogP contribution is -2.20. The summed E-state index contributed by atoms with van der Waals surface area (Å²) in [6.07, 6.45) is 13.3. The summed E-state index contributed by atoms with van der Waals surface area (Å²) in [5, 5.41) is 10.3. The molecule has 114 valence electrons. The first-order valence-electron chi connectivity index (χ1n) is 8.02. The number of nitrogens with zero attached hydrogens (tertiary/aromatic N) is 2. The number of nitriles is 1. The molecule has 3 fully saturated rings. The maximum atomic E-state index is 8.53. The van der Waals surface area contributed by atoms with Crippen molar-refractivity contribution in [1.29, 1.82) is 5.26 Å². The zero-order chi connectivity index (χ0) is 14.2. The van der Waals surface area contributed by atoms with E-state index in [0.717, 1.165) is 19.4 Å². The van der Waals surface area contributed by atoms with Crippen molar-refractivity contribution in [3.63, 3.8) is 0 Å². The molecule has 1 saturated heterocycles. The Morgan fingerprint density at radius 1 is 0.900 bits per heavy atom. The zero-order valence-corrected chi connectivity index (χ0v) is 12.3. The predicted molar refractivity (Wildman–Crippen MR) is 76.2 cm³/mol. The highest BCUT2D eigenvalue weighted by molar-refractivity contribution is 5.02. The lowest BCUT2D eigenvalue weighted by Gasteiger charge is -2.21. The van der Waals surface area contributed by atoms with E-state index >= 15 is 0 Å². The molecule has 2 atom stereocenters. The van der Waals surface area contributed by atoms with Crippen molar-refractivity contribution in [3.8, 4) is 6.07 Å². The second-order valence-corrected chi connectivity index (χ2v) is 6.01. The Balaban J connectivity index is 0.000000160. The minimum atomic E-state index is 0.0481. The zero-order valence-electron chi connectivity index (χ0n) is 12.3. The molecule has 0 bridgehead atoms. The Morgan fingerprint density at radius 3 is 1.85 bits per heavy atom. The quantitative estimate of drug-likeness (QED) is 0.636. The van der Waals surface area contributed by atoms with E-state index in [0.29, 0.717) is 12.2 Å². The highest BCUT2D eigenvalue weighted by Gasteiger charge is 2.37. The van der Waals surface area contributed by atoms with Gasteiger partial charge in [0.05, 0.1) is 24.8 Å². The molecule has 5 heteroatoms. The van der Waals surface area contributed by atoms with Gasteiger partial charge in [-0.2, -0.15) is 10.3 Å². The van der Waals surface area contributed by atoms with Gasteiger partial charge >= 0.3 is 0 Å². The summed E-state index contributed by atoms with van der Waals surface area (Å²) < 4.78 is 0. The number of hydroxylamine groups is 2. The highest BCUT2D eigenvalue weighted by Crippen LogP contribution is 2.26. The molecule has 2 saturated carbocycles. The van der Waals surface area contributed by atoms with Gasteiger partial charge in [-0.05, 0) is 25.7 Å². The van der Waals surface area contributed by atoms with Crippen molar-refractivity contribution >= 4 is 0 Å². The van der Waals surface area contributed by atoms with Crippen LogP contribution >= 0.6 is 0 Å². The molecule has 3 rings (SSSR count). The molecule has 0 aromatic carbocycles. The lowest BCUT2D eigenvalue weighted by molar-refractivity contribution is -0.133. The predicted octanol–water partition coefficient (Wildman–Crippen LogP) is 2.67. The fraction of sp³-hybridized carbons (Fsp3) is 0.933. The van der Waals surface area contributed by atoms with Crippen molar-refractivity contribution in [1.82, 2.24) is 5.06 Å². The fourth-order valence-electron chi connectivity index (χ4n) is 2.91. The number of rotatable bonds is 3. The van der Waals surface area contributed by atoms with Crippen LogP contribution in [0.5, 0.6) is 0 Å². The third kappa shape index (κ3) is 5.37. The average molecular weight is 281 g/mol. The van der Waals surface area contributed by atoms with Gasteiger partial charge in [0.1, 0.15) is 6.04 Å². The standard InChI is InChI=1S/C9H14N2O.C6H13NO/c10-6-8-7-11(8)12-9-4-2-1-3-5-9;7-8-6-4-2-1-3-5-6/h8-9H,1-5,7H2;6H,1-5,7H2. The van der Waals surface area contributed by atoms with Crippen LogP contribution in [0.4, 0.5) is 0 Å². The van der Waals surface area contributed by atoms with E-state index in [9.17, 15) is 0 Å². The van der Waals surface area contributed by atoms with Crippen LogP contribution in [0.25, 0.3) is 0 Å². The topological polar surface area (TPSA) is 71.3 Å². The first-order chi connectivity index (χ1) is 9.83. The maximum Gasteiger partial charge on any atom is 0.137 e. The molecule has 20 heavy (non-hydrogen) atoms. The Hall–Kier alpha value is -0.670. The molecule has 0 radical (unpaired) electrons. The van der Waals surface area contributed by atoms with E-state index in [1.807, 2.05) is 0 Å². The summed E-state index contributed by atoms with van der Waals surface area (Å²) in [7, 11) is 0. The SMILES string of the molecule is N#CC1CN1OC1CCCCC1.NOC1CCCCC1. The molecule has 1 aliphatic heterocycles. The Bertz CT molecular complexity index is 307. The summed E-state index contributed by atoms with van der Waals surface area (Å²) in [5.41, 5.74) is 0. The molecule has 2 unspecified atom stereocenters. The maximum absolute atomic E-state index is 8.53. The van der Waals surface area contributed by atoms with E-state index in [1.165, 1.54) is 51.4 Å². The summed E-state index contributed by atoms with van der Waals surface area (Å²) in [4.78, 5) is 10.3. The van der Waals surface area contributed by atoms with E-state index in [2.05, 4.69) is 6.07 Å². The Labute approximate surface area is 121 Å². The summed E-state index contributed by atoms with van der Waals surface area (Å²) in [6, 6.07) is 2.23. The highest BCUT2D eigenvalue weighted by atomic mass is 16.7. The molecule has 2 aliphatic carbocycles. The first kappa shape index (κ1) is 15.7. The smallest absolute Gasteiger partial charge is 0.137 e. The third-order valence-electron chi connectivity index (χ3n) is 4.30. The van der Waals surface area contributed by atoms with E-state index in [1.54, 1.807) is 5.06 Å². The molecule has 0 spiro atoms. The molecule has 0 amide bonds. The van der Waals surface area contributed by atoms with E-state index in [4.69, 9.17) is 20.8 Å². The summed E-state index contributed by atoms with van der Waals surface area (Å²) in [6.45, 7) is 0.812. The van der Waals surface area contributed by atoms with Crippen LogP contribution in [-0.2, 0) is 9.68 Å². The second-order valence-electron chi connectivity index (χ2n) is 6.01. The first-order valence-corrected chi connectivity index (χ1v) is 8.02. The summed E-state index contributed by atoms with van der Waals surface area (Å²) in [5.74, 6) is 5.00. The normalized spacial score (nSPS) is 31.0. The molecule has 2 N–H and O–H groups in total. The minimum Gasteiger partial charge on any atom is -0.301 e. The van der Waals surface area contributed by atoms with Crippen molar-refractivity contribution in [2.75, 3.05) is 6.54 Å². The second kappa shape index (κ2) is 8.58. The van der Waals surface area contributed by atoms with Crippen LogP contribution in [0, 0.1) is 11.3 Å². The van der Waals surface area contributed by atoms with Crippen molar-refractivity contribution in [2.45, 2.75) is 82.5 Å². The fourth-order valence-corrected chi connectivity index (χ4v) is 2.91. The molecular weight excluding hydrogens is 254 g/mol. The average Bonchev–Trinajstić information content (AvgIpc) is 3.28. The van der Waals surface area contributed by atoms with Crippen LogP contribution < -0.4 is 5.90 Å². The van der Waals surface area contributed by atoms with E-state index in [-0.39, 0.29) is 6.04 Å². The van der Waals surface area contributed by atoms with Crippen LogP contribution in [-0.4, -0.2) is 29.9 Å². The van der Waals surface area contributed by atoms with Gasteiger partial charge in [0.25, 0.3) is 0 Å². The minimum absolute atomic E-state index is 0.0481. The molecule has 5 nitrogen and oxygen atoms in total. The van der Waals surface area contributed by atoms with Gasteiger partial charge in [-0.25, -0.2) is 5.90 Å². The van der Waals surface area contributed by atoms with Gasteiger partial charge in [-0.15, -0.1) is 0 Å². The summed E-state index contributed by atoms with van der Waals surface area (Å²) >= 11 is 0. The Morgan fingerprint density at radius 2 is 1.45 bits per heavy atom. The van der Waals surface area contributed by atoms with Crippen LogP contribution in [0.15, 0.2) is 0 Å². The van der Waals surface area contributed by atoms with Gasteiger partial charge < -0.3 is 4.84 Å². The molecule has 0 aromatic rings. The van der Waals surface area contributed by atoms with Gasteiger partial charge in [-0.1, -0.05) is 38.5 Å². The number of hydrogen-bond acceptors (Lipinski definition) is 5. The van der Waals surface area contributed by atoms with Crippen molar-refractivity contribution < 1.29 is 9.68 Å². The molecule has 1 heterocycles. The number of hydrogen-bond donors (Lipinski definition) is 1. The Kier molecular flexibility index (Phi) is 6.74. The lowest BCUT2D eigenvalue weighted by atomic mass is 9.98. The van der Waals surface area contributed by atoms with Crippen LogP contribution in [0.1, 0.15) is 64.2 Å². The van der Waals surface area contributed by atoms with Crippen LogP contribution in [0.3, 0.4) is 0 Å². The molecule has 0 aromatic heterocycles.